The van der Waals surface area contributed by atoms with Crippen molar-refractivity contribution in [2.75, 3.05) is 19.3 Å². The quantitative estimate of drug-likeness (QED) is 0.520. The predicted molar refractivity (Wildman–Crippen MR) is 113 cm³/mol. The van der Waals surface area contributed by atoms with Gasteiger partial charge in [-0.1, -0.05) is 54.1 Å². The van der Waals surface area contributed by atoms with Crippen LogP contribution in [-0.4, -0.2) is 33.7 Å². The predicted octanol–water partition coefficient (Wildman–Crippen LogP) is 3.18. The van der Waals surface area contributed by atoms with Gasteiger partial charge in [-0.2, -0.15) is 0 Å². The van der Waals surface area contributed by atoms with Crippen LogP contribution in [-0.2, 0) is 28.6 Å². The lowest BCUT2D eigenvalue weighted by atomic mass is 10.1. The smallest absolute Gasteiger partial charge is 0.191 e. The van der Waals surface area contributed by atoms with Crippen molar-refractivity contribution in [3.8, 4) is 0 Å². The summed E-state index contributed by atoms with van der Waals surface area (Å²) >= 11 is 6.18. The van der Waals surface area contributed by atoms with Crippen LogP contribution in [0.25, 0.3) is 0 Å². The van der Waals surface area contributed by atoms with Crippen molar-refractivity contribution in [1.82, 2.24) is 10.6 Å². The van der Waals surface area contributed by atoms with E-state index in [-0.39, 0.29) is 5.75 Å². The topological polar surface area (TPSA) is 70.6 Å². The molecule has 0 fully saturated rings. The van der Waals surface area contributed by atoms with Gasteiger partial charge in [0.1, 0.15) is 0 Å². The van der Waals surface area contributed by atoms with Crippen LogP contribution in [0.1, 0.15) is 23.6 Å². The highest BCUT2D eigenvalue weighted by Crippen LogP contribution is 2.14. The Labute approximate surface area is 166 Å². The summed E-state index contributed by atoms with van der Waals surface area (Å²) in [6.45, 7) is 4.03. The van der Waals surface area contributed by atoms with Gasteiger partial charge >= 0.3 is 0 Å². The molecule has 0 aromatic heterocycles. The number of hydrogen-bond donors (Lipinski definition) is 2. The van der Waals surface area contributed by atoms with Crippen molar-refractivity contribution in [2.45, 2.75) is 25.6 Å². The summed E-state index contributed by atoms with van der Waals surface area (Å²) in [5, 5.41) is 7.31. The fourth-order valence-corrected chi connectivity index (χ4v) is 3.60. The first kappa shape index (κ1) is 21.3. The van der Waals surface area contributed by atoms with E-state index in [1.807, 2.05) is 55.5 Å². The van der Waals surface area contributed by atoms with E-state index < -0.39 is 9.84 Å². The zero-order valence-electron chi connectivity index (χ0n) is 15.7. The number of rotatable bonds is 8. The van der Waals surface area contributed by atoms with Crippen molar-refractivity contribution < 1.29 is 8.42 Å². The Morgan fingerprint density at radius 3 is 2.33 bits per heavy atom. The van der Waals surface area contributed by atoms with Crippen LogP contribution < -0.4 is 10.6 Å². The van der Waals surface area contributed by atoms with Crippen LogP contribution in [0.4, 0.5) is 0 Å². The molecule has 7 heteroatoms. The lowest BCUT2D eigenvalue weighted by molar-refractivity contribution is 0.601. The highest BCUT2D eigenvalue weighted by atomic mass is 35.5. The SMILES string of the molecule is CCNC(=NCc1ccc(CS(C)(=O)=O)cc1)NCCc1ccccc1Cl. The first-order chi connectivity index (χ1) is 12.9. The van der Waals surface area contributed by atoms with Gasteiger partial charge < -0.3 is 10.6 Å². The zero-order valence-corrected chi connectivity index (χ0v) is 17.3. The average Bonchev–Trinajstić information content (AvgIpc) is 2.61. The molecule has 0 saturated heterocycles. The Balaban J connectivity index is 1.91. The molecule has 0 radical (unpaired) electrons. The molecular formula is C20H26ClN3O2S. The van der Waals surface area contributed by atoms with E-state index >= 15 is 0 Å². The first-order valence-corrected chi connectivity index (χ1v) is 11.3. The molecule has 146 valence electrons. The van der Waals surface area contributed by atoms with Gasteiger partial charge in [-0.25, -0.2) is 13.4 Å². The zero-order chi connectivity index (χ0) is 19.7. The Morgan fingerprint density at radius 2 is 1.70 bits per heavy atom. The fraction of sp³-hybridized carbons (Fsp3) is 0.350. The molecule has 0 unspecified atom stereocenters. The van der Waals surface area contributed by atoms with Gasteiger partial charge in [0.15, 0.2) is 15.8 Å². The summed E-state index contributed by atoms with van der Waals surface area (Å²) in [6, 6.07) is 15.3. The first-order valence-electron chi connectivity index (χ1n) is 8.88. The van der Waals surface area contributed by atoms with Crippen molar-refractivity contribution in [1.29, 1.82) is 0 Å². The monoisotopic (exact) mass is 407 g/mol. The molecule has 0 saturated carbocycles. The van der Waals surface area contributed by atoms with E-state index in [0.717, 1.165) is 47.2 Å². The van der Waals surface area contributed by atoms with Gasteiger partial charge in [-0.05, 0) is 36.1 Å². The minimum atomic E-state index is -3.02. The van der Waals surface area contributed by atoms with Crippen LogP contribution in [0.15, 0.2) is 53.5 Å². The maximum atomic E-state index is 11.3. The van der Waals surface area contributed by atoms with Gasteiger partial charge in [-0.15, -0.1) is 0 Å². The normalized spacial score (nSPS) is 12.0. The number of benzene rings is 2. The number of halogens is 1. The summed E-state index contributed by atoms with van der Waals surface area (Å²) in [5.41, 5.74) is 2.91. The Morgan fingerprint density at radius 1 is 1.04 bits per heavy atom. The van der Waals surface area contributed by atoms with Crippen LogP contribution in [0.5, 0.6) is 0 Å². The number of nitrogens with one attached hydrogen (secondary N) is 2. The fourth-order valence-electron chi connectivity index (χ4n) is 2.57. The van der Waals surface area contributed by atoms with Gasteiger partial charge in [0.2, 0.25) is 0 Å². The Bertz CT molecular complexity index is 865. The summed E-state index contributed by atoms with van der Waals surface area (Å²) in [4.78, 5) is 4.58. The number of guanidine groups is 1. The molecule has 0 aliphatic rings. The molecule has 0 aliphatic carbocycles. The molecule has 2 aromatic rings. The van der Waals surface area contributed by atoms with Crippen molar-refractivity contribution >= 4 is 27.4 Å². The van der Waals surface area contributed by atoms with Crippen molar-refractivity contribution in [3.05, 3.63) is 70.2 Å². The third-order valence-corrected chi connectivity index (χ3v) is 5.09. The lowest BCUT2D eigenvalue weighted by Crippen LogP contribution is -2.38. The molecule has 5 nitrogen and oxygen atoms in total. The third kappa shape index (κ3) is 8.01. The number of aliphatic imine (C=N–C) groups is 1. The molecule has 0 bridgehead atoms. The lowest BCUT2D eigenvalue weighted by Gasteiger charge is -2.12. The van der Waals surface area contributed by atoms with Gasteiger partial charge in [0, 0.05) is 24.4 Å². The Hall–Kier alpha value is -2.05. The van der Waals surface area contributed by atoms with E-state index in [1.165, 1.54) is 6.26 Å². The second kappa shape index (κ2) is 10.3. The van der Waals surface area contributed by atoms with Crippen molar-refractivity contribution in [3.63, 3.8) is 0 Å². The van der Waals surface area contributed by atoms with Crippen LogP contribution in [0.3, 0.4) is 0 Å². The maximum Gasteiger partial charge on any atom is 0.191 e. The molecule has 2 aromatic carbocycles. The van der Waals surface area contributed by atoms with Crippen molar-refractivity contribution in [2.24, 2.45) is 4.99 Å². The minimum Gasteiger partial charge on any atom is -0.357 e. The molecule has 0 heterocycles. The van der Waals surface area contributed by atoms with E-state index in [9.17, 15) is 8.42 Å². The minimum absolute atomic E-state index is 0.0583. The summed E-state index contributed by atoms with van der Waals surface area (Å²) in [6.07, 6.45) is 2.05. The standard InChI is InChI=1S/C20H26ClN3O2S/c1-3-22-20(23-13-12-18-6-4-5-7-19(18)21)24-14-16-8-10-17(11-9-16)15-27(2,25)26/h4-11H,3,12-15H2,1-2H3,(H2,22,23,24). The van der Waals surface area contributed by atoms with E-state index in [0.29, 0.717) is 6.54 Å². The molecule has 0 amide bonds. The third-order valence-electron chi connectivity index (χ3n) is 3.86. The Kier molecular flexibility index (Phi) is 8.13. The highest BCUT2D eigenvalue weighted by Gasteiger charge is 2.05. The molecule has 0 aliphatic heterocycles. The van der Waals surface area contributed by atoms with Gasteiger partial charge in [0.25, 0.3) is 0 Å². The second-order valence-electron chi connectivity index (χ2n) is 6.35. The number of nitrogens with zero attached hydrogens (tertiary/aromatic N) is 1. The second-order valence-corrected chi connectivity index (χ2v) is 8.90. The average molecular weight is 408 g/mol. The van der Waals surface area contributed by atoms with Crippen LogP contribution in [0, 0.1) is 0 Å². The highest BCUT2D eigenvalue weighted by molar-refractivity contribution is 7.89. The largest absolute Gasteiger partial charge is 0.357 e. The van der Waals surface area contributed by atoms with Gasteiger partial charge in [0.05, 0.1) is 12.3 Å². The van der Waals surface area contributed by atoms with E-state index in [4.69, 9.17) is 11.6 Å². The summed E-state index contributed by atoms with van der Waals surface area (Å²) < 4.78 is 22.7. The van der Waals surface area contributed by atoms with E-state index in [1.54, 1.807) is 0 Å². The number of sulfone groups is 1. The molecule has 2 rings (SSSR count). The molecule has 27 heavy (non-hydrogen) atoms. The van der Waals surface area contributed by atoms with Crippen LogP contribution in [0.2, 0.25) is 5.02 Å². The maximum absolute atomic E-state index is 11.3. The molecule has 0 atom stereocenters. The van der Waals surface area contributed by atoms with Gasteiger partial charge in [-0.3, -0.25) is 0 Å². The number of hydrogen-bond acceptors (Lipinski definition) is 3. The summed E-state index contributed by atoms with van der Waals surface area (Å²) in [7, 11) is -3.02. The summed E-state index contributed by atoms with van der Waals surface area (Å²) in [5.74, 6) is 0.799. The molecular weight excluding hydrogens is 382 g/mol. The molecule has 0 spiro atoms. The van der Waals surface area contributed by atoms with E-state index in [2.05, 4.69) is 15.6 Å². The van der Waals surface area contributed by atoms with Crippen LogP contribution >= 0.6 is 11.6 Å². The molecule has 2 N–H and O–H groups in total.